The van der Waals surface area contributed by atoms with Crippen molar-refractivity contribution in [1.29, 1.82) is 0 Å². The summed E-state index contributed by atoms with van der Waals surface area (Å²) in [5.41, 5.74) is -0.583. The van der Waals surface area contributed by atoms with Crippen LogP contribution in [0.2, 0.25) is 0 Å². The fourth-order valence-electron chi connectivity index (χ4n) is 1.01. The molecule has 1 rings (SSSR count). The van der Waals surface area contributed by atoms with Crippen molar-refractivity contribution < 1.29 is 18.7 Å². The van der Waals surface area contributed by atoms with Gasteiger partial charge in [-0.3, -0.25) is 9.59 Å². The predicted octanol–water partition coefficient (Wildman–Crippen LogP) is 1.98. The SMILES string of the molecule is CC(C)(C)OC(=O)Cc1nc(F)c(C=O)s1. The molecule has 0 fully saturated rings. The largest absolute Gasteiger partial charge is 0.460 e. The second kappa shape index (κ2) is 4.69. The third kappa shape index (κ3) is 3.69. The van der Waals surface area contributed by atoms with Crippen LogP contribution in [0.5, 0.6) is 0 Å². The first-order chi connectivity index (χ1) is 7.31. The number of aldehydes is 1. The van der Waals surface area contributed by atoms with Crippen LogP contribution in [0.3, 0.4) is 0 Å². The summed E-state index contributed by atoms with van der Waals surface area (Å²) in [5.74, 6) is -1.32. The van der Waals surface area contributed by atoms with Crippen LogP contribution in [-0.2, 0) is 16.0 Å². The fraction of sp³-hybridized carbons (Fsp3) is 0.500. The van der Waals surface area contributed by atoms with Gasteiger partial charge in [-0.05, 0) is 20.8 Å². The van der Waals surface area contributed by atoms with Gasteiger partial charge in [-0.1, -0.05) is 0 Å². The fourth-order valence-corrected chi connectivity index (χ4v) is 1.75. The highest BCUT2D eigenvalue weighted by molar-refractivity contribution is 7.13. The molecule has 1 heterocycles. The highest BCUT2D eigenvalue weighted by Gasteiger charge is 2.19. The van der Waals surface area contributed by atoms with Gasteiger partial charge in [0, 0.05) is 0 Å². The van der Waals surface area contributed by atoms with Gasteiger partial charge in [0.25, 0.3) is 0 Å². The lowest BCUT2D eigenvalue weighted by atomic mass is 10.2. The number of halogens is 1. The molecule has 0 bridgehead atoms. The molecule has 1 aromatic heterocycles. The van der Waals surface area contributed by atoms with Crippen molar-refractivity contribution in [3.05, 3.63) is 15.8 Å². The van der Waals surface area contributed by atoms with Gasteiger partial charge in [0.15, 0.2) is 6.29 Å². The van der Waals surface area contributed by atoms with E-state index in [-0.39, 0.29) is 16.3 Å². The maximum Gasteiger partial charge on any atom is 0.313 e. The molecule has 0 aliphatic heterocycles. The second-order valence-corrected chi connectivity index (χ2v) is 5.26. The summed E-state index contributed by atoms with van der Waals surface area (Å²) in [7, 11) is 0. The lowest BCUT2D eigenvalue weighted by Crippen LogP contribution is -2.24. The molecule has 88 valence electrons. The molecular formula is C10H12FNO3S. The van der Waals surface area contributed by atoms with Gasteiger partial charge in [-0.25, -0.2) is 4.98 Å². The van der Waals surface area contributed by atoms with E-state index in [9.17, 15) is 14.0 Å². The Labute approximate surface area is 96.4 Å². The van der Waals surface area contributed by atoms with Crippen molar-refractivity contribution in [3.8, 4) is 0 Å². The Hall–Kier alpha value is -1.30. The molecule has 0 radical (unpaired) electrons. The first-order valence-electron chi connectivity index (χ1n) is 4.64. The summed E-state index contributed by atoms with van der Waals surface area (Å²) >= 11 is 0.859. The summed E-state index contributed by atoms with van der Waals surface area (Å²) in [6, 6.07) is 0. The molecule has 16 heavy (non-hydrogen) atoms. The lowest BCUT2D eigenvalue weighted by molar-refractivity contribution is -0.153. The Morgan fingerprint density at radius 1 is 1.56 bits per heavy atom. The van der Waals surface area contributed by atoms with Gasteiger partial charge in [-0.15, -0.1) is 11.3 Å². The monoisotopic (exact) mass is 245 g/mol. The maximum absolute atomic E-state index is 12.9. The zero-order valence-electron chi connectivity index (χ0n) is 9.24. The van der Waals surface area contributed by atoms with Gasteiger partial charge in [0.1, 0.15) is 15.5 Å². The Bertz CT molecular complexity index is 409. The summed E-state index contributed by atoms with van der Waals surface area (Å²) in [5, 5.41) is 0.244. The molecule has 0 aliphatic rings. The Kier molecular flexibility index (Phi) is 3.74. The minimum atomic E-state index is -0.835. The normalized spacial score (nSPS) is 11.2. The minimum absolute atomic E-state index is 0.0986. The zero-order valence-corrected chi connectivity index (χ0v) is 10.1. The molecule has 4 nitrogen and oxygen atoms in total. The van der Waals surface area contributed by atoms with Crippen LogP contribution in [-0.4, -0.2) is 22.8 Å². The first-order valence-corrected chi connectivity index (χ1v) is 5.45. The molecule has 6 heteroatoms. The van der Waals surface area contributed by atoms with Crippen LogP contribution in [0.25, 0.3) is 0 Å². The van der Waals surface area contributed by atoms with Crippen LogP contribution >= 0.6 is 11.3 Å². The molecular weight excluding hydrogens is 233 g/mol. The number of hydrogen-bond acceptors (Lipinski definition) is 5. The molecule has 0 spiro atoms. The molecule has 0 atom stereocenters. The average molecular weight is 245 g/mol. The van der Waals surface area contributed by atoms with Gasteiger partial charge in [0.05, 0.1) is 6.42 Å². The average Bonchev–Trinajstić information content (AvgIpc) is 2.42. The predicted molar refractivity (Wildman–Crippen MR) is 57.0 cm³/mol. The second-order valence-electron chi connectivity index (χ2n) is 4.14. The van der Waals surface area contributed by atoms with Crippen LogP contribution in [0.4, 0.5) is 4.39 Å². The van der Waals surface area contributed by atoms with Crippen LogP contribution in [0.15, 0.2) is 0 Å². The third-order valence-corrected chi connectivity index (χ3v) is 2.43. The number of esters is 1. The van der Waals surface area contributed by atoms with E-state index in [1.165, 1.54) is 0 Å². The van der Waals surface area contributed by atoms with Crippen molar-refractivity contribution in [2.24, 2.45) is 0 Å². The van der Waals surface area contributed by atoms with Crippen LogP contribution in [0.1, 0.15) is 35.5 Å². The summed E-state index contributed by atoms with van der Waals surface area (Å²) < 4.78 is 18.0. The van der Waals surface area contributed by atoms with Crippen molar-refractivity contribution in [2.75, 3.05) is 0 Å². The van der Waals surface area contributed by atoms with Crippen molar-refractivity contribution in [2.45, 2.75) is 32.8 Å². The molecule has 0 amide bonds. The molecule has 0 aliphatic carbocycles. The van der Waals surface area contributed by atoms with E-state index < -0.39 is 17.5 Å². The molecule has 0 saturated carbocycles. The van der Waals surface area contributed by atoms with Gasteiger partial charge in [-0.2, -0.15) is 4.39 Å². The summed E-state index contributed by atoms with van der Waals surface area (Å²) in [6.45, 7) is 5.22. The number of hydrogen-bond donors (Lipinski definition) is 0. The lowest BCUT2D eigenvalue weighted by Gasteiger charge is -2.18. The van der Waals surface area contributed by atoms with E-state index >= 15 is 0 Å². The summed E-state index contributed by atoms with van der Waals surface area (Å²) in [4.78, 5) is 25.1. The van der Waals surface area contributed by atoms with Crippen molar-refractivity contribution >= 4 is 23.6 Å². The van der Waals surface area contributed by atoms with E-state index in [1.54, 1.807) is 20.8 Å². The maximum atomic E-state index is 12.9. The quantitative estimate of drug-likeness (QED) is 0.603. The number of nitrogens with zero attached hydrogens (tertiary/aromatic N) is 1. The topological polar surface area (TPSA) is 56.3 Å². The van der Waals surface area contributed by atoms with Gasteiger partial charge < -0.3 is 4.74 Å². The van der Waals surface area contributed by atoms with Crippen LogP contribution < -0.4 is 0 Å². The highest BCUT2D eigenvalue weighted by atomic mass is 32.1. The number of aromatic nitrogens is 1. The molecule has 0 unspecified atom stereocenters. The van der Waals surface area contributed by atoms with E-state index in [0.717, 1.165) is 11.3 Å². The number of rotatable bonds is 3. The van der Waals surface area contributed by atoms with Crippen molar-refractivity contribution in [3.63, 3.8) is 0 Å². The van der Waals surface area contributed by atoms with Crippen molar-refractivity contribution in [1.82, 2.24) is 4.98 Å². The number of thiazole rings is 1. The Balaban J connectivity index is 2.66. The zero-order chi connectivity index (χ0) is 12.3. The van der Waals surface area contributed by atoms with Gasteiger partial charge >= 0.3 is 5.97 Å². The molecule has 0 saturated heterocycles. The van der Waals surface area contributed by atoms with E-state index in [4.69, 9.17) is 4.74 Å². The minimum Gasteiger partial charge on any atom is -0.460 e. The van der Waals surface area contributed by atoms with E-state index in [0.29, 0.717) is 6.29 Å². The number of carbonyl (C=O) groups excluding carboxylic acids is 2. The number of ether oxygens (including phenoxy) is 1. The van der Waals surface area contributed by atoms with E-state index in [1.807, 2.05) is 0 Å². The molecule has 0 aromatic carbocycles. The molecule has 0 N–H and O–H groups in total. The number of carbonyl (C=O) groups is 2. The Morgan fingerprint density at radius 2 is 2.19 bits per heavy atom. The highest BCUT2D eigenvalue weighted by Crippen LogP contribution is 2.17. The first kappa shape index (κ1) is 12.8. The summed E-state index contributed by atoms with van der Waals surface area (Å²) in [6.07, 6.45) is 0.262. The molecule has 1 aromatic rings. The van der Waals surface area contributed by atoms with E-state index in [2.05, 4.69) is 4.98 Å². The smallest absolute Gasteiger partial charge is 0.313 e. The Morgan fingerprint density at radius 3 is 2.62 bits per heavy atom. The third-order valence-electron chi connectivity index (χ3n) is 1.48. The van der Waals surface area contributed by atoms with Gasteiger partial charge in [0.2, 0.25) is 5.95 Å². The van der Waals surface area contributed by atoms with Crippen LogP contribution in [0, 0.1) is 5.95 Å². The standard InChI is InChI=1S/C10H12FNO3S/c1-10(2,3)15-8(14)4-7-12-9(11)6(5-13)16-7/h5H,4H2,1-3H3.